The average molecular weight is 661 g/mol. The highest BCUT2D eigenvalue weighted by Gasteiger charge is 2.57. The van der Waals surface area contributed by atoms with Gasteiger partial charge in [-0.2, -0.15) is 0 Å². The van der Waals surface area contributed by atoms with Crippen molar-refractivity contribution >= 4 is 30.3 Å². The molecule has 2 heterocycles. The fourth-order valence-corrected chi connectivity index (χ4v) is 11.7. The van der Waals surface area contributed by atoms with Gasteiger partial charge < -0.3 is 13.9 Å². The molecule has 244 valence electrons. The number of alkyl halides is 1. The predicted molar refractivity (Wildman–Crippen MR) is 187 cm³/mol. The summed E-state index contributed by atoms with van der Waals surface area (Å²) in [5.74, 6) is 0.458. The van der Waals surface area contributed by atoms with Crippen LogP contribution in [0, 0.1) is 6.92 Å². The summed E-state index contributed by atoms with van der Waals surface area (Å²) in [7, 11) is -3.08. The molecule has 46 heavy (non-hydrogen) atoms. The van der Waals surface area contributed by atoms with Crippen LogP contribution in [0.1, 0.15) is 63.8 Å². The molecule has 5 rings (SSSR count). The minimum atomic E-state index is -3.08. The van der Waals surface area contributed by atoms with Gasteiger partial charge in [0.25, 0.3) is 13.9 Å². The molecule has 0 amide bonds. The highest BCUT2D eigenvalue weighted by molar-refractivity contribution is 6.99. The van der Waals surface area contributed by atoms with Gasteiger partial charge in [0.05, 0.1) is 19.3 Å². The topological polar surface area (TPSA) is 82.6 Å². The Hall–Kier alpha value is -3.27. The van der Waals surface area contributed by atoms with Gasteiger partial charge in [-0.05, 0) is 53.6 Å². The van der Waals surface area contributed by atoms with Crippen LogP contribution in [0.15, 0.2) is 107 Å². The van der Waals surface area contributed by atoms with E-state index in [9.17, 15) is 9.59 Å². The maximum absolute atomic E-state index is 12.9. The molecule has 1 N–H and O–H groups in total. The molecular weight excluding hydrogens is 616 g/mol. The first kappa shape index (κ1) is 34.1. The van der Waals surface area contributed by atoms with Crippen molar-refractivity contribution in [3.8, 4) is 0 Å². The number of halogens is 1. The lowest BCUT2D eigenvalue weighted by atomic mass is 9.90. The Kier molecular flexibility index (Phi) is 10.9. The summed E-state index contributed by atoms with van der Waals surface area (Å²) in [6.07, 6.45) is 3.15. The molecule has 1 aliphatic rings. The van der Waals surface area contributed by atoms with Crippen molar-refractivity contribution in [3.63, 3.8) is 0 Å². The number of ether oxygens (including phenoxy) is 2. The first-order valence-electron chi connectivity index (χ1n) is 16.1. The van der Waals surface area contributed by atoms with Crippen molar-refractivity contribution in [2.75, 3.05) is 12.5 Å². The Bertz CT molecular complexity index is 1630. The van der Waals surface area contributed by atoms with Crippen molar-refractivity contribution in [1.29, 1.82) is 0 Å². The van der Waals surface area contributed by atoms with Gasteiger partial charge in [0, 0.05) is 17.6 Å². The third-order valence-electron chi connectivity index (χ3n) is 9.00. The quantitative estimate of drug-likeness (QED) is 0.139. The van der Waals surface area contributed by atoms with Crippen LogP contribution in [-0.4, -0.2) is 42.1 Å². The number of aromatic amines is 1. The lowest BCUT2D eigenvalue weighted by Crippen LogP contribution is -2.71. The van der Waals surface area contributed by atoms with E-state index in [-0.39, 0.29) is 11.6 Å². The van der Waals surface area contributed by atoms with Crippen LogP contribution in [0.3, 0.4) is 0 Å². The fraction of sp³-hybridized carbons (Fsp3) is 0.405. The molecule has 1 aromatic heterocycles. The Morgan fingerprint density at radius 1 is 0.913 bits per heavy atom. The molecule has 0 radical (unpaired) electrons. The van der Waals surface area contributed by atoms with Gasteiger partial charge in [-0.25, -0.2) is 4.79 Å². The Balaban J connectivity index is 1.64. The largest absolute Gasteiger partial charge is 0.397 e. The van der Waals surface area contributed by atoms with E-state index in [0.29, 0.717) is 43.7 Å². The maximum Gasteiger partial charge on any atom is 0.330 e. The Morgan fingerprint density at radius 2 is 1.50 bits per heavy atom. The van der Waals surface area contributed by atoms with Crippen molar-refractivity contribution in [1.82, 2.24) is 9.55 Å². The molecule has 1 saturated heterocycles. The van der Waals surface area contributed by atoms with Gasteiger partial charge in [-0.15, -0.1) is 11.6 Å². The van der Waals surface area contributed by atoms with E-state index < -0.39 is 37.5 Å². The molecular formula is C37H45ClN2O5Si. The van der Waals surface area contributed by atoms with Crippen LogP contribution in [-0.2, 0) is 20.5 Å². The number of hydrogen-bond acceptors (Lipinski definition) is 5. The molecule has 0 spiro atoms. The molecule has 1 unspecified atom stereocenters. The number of rotatable bonds is 13. The number of benzene rings is 3. The maximum atomic E-state index is 12.9. The summed E-state index contributed by atoms with van der Waals surface area (Å²) in [4.78, 5) is 27.5. The molecule has 4 aromatic rings. The van der Waals surface area contributed by atoms with E-state index >= 15 is 0 Å². The first-order valence-corrected chi connectivity index (χ1v) is 18.5. The van der Waals surface area contributed by atoms with Crippen LogP contribution in [0.4, 0.5) is 0 Å². The lowest BCUT2D eigenvalue weighted by Gasteiger charge is -2.51. The van der Waals surface area contributed by atoms with Crippen LogP contribution < -0.4 is 21.6 Å². The van der Waals surface area contributed by atoms with Gasteiger partial charge in [0.1, 0.15) is 11.8 Å². The minimum Gasteiger partial charge on any atom is -0.397 e. The number of aromatic nitrogens is 2. The molecule has 1 aliphatic heterocycles. The number of aryl methyl sites for hydroxylation is 1. The molecule has 3 atom stereocenters. The molecule has 0 bridgehead atoms. The van der Waals surface area contributed by atoms with E-state index in [1.165, 1.54) is 4.57 Å². The average Bonchev–Trinajstić information content (AvgIpc) is 3.55. The molecule has 0 saturated carbocycles. The lowest BCUT2D eigenvalue weighted by molar-refractivity contribution is -0.145. The fourth-order valence-electron chi connectivity index (χ4n) is 6.72. The zero-order chi connectivity index (χ0) is 32.8. The summed E-state index contributed by atoms with van der Waals surface area (Å²) in [5, 5.41) is 2.04. The summed E-state index contributed by atoms with van der Waals surface area (Å²) in [5.41, 5.74) is -0.253. The second-order valence-corrected chi connectivity index (χ2v) is 17.8. The van der Waals surface area contributed by atoms with Crippen LogP contribution >= 0.6 is 11.6 Å². The minimum absolute atomic E-state index is 0.278. The third kappa shape index (κ3) is 7.16. The number of nitrogens with one attached hydrogen (secondary N) is 1. The van der Waals surface area contributed by atoms with Gasteiger partial charge >= 0.3 is 5.69 Å². The third-order valence-corrected chi connectivity index (χ3v) is 14.4. The Labute approximate surface area is 277 Å². The summed E-state index contributed by atoms with van der Waals surface area (Å²) < 4.78 is 22.8. The number of H-pyrrole nitrogens is 1. The molecule has 3 aromatic carbocycles. The Morgan fingerprint density at radius 3 is 2.07 bits per heavy atom. The molecule has 7 nitrogen and oxygen atoms in total. The van der Waals surface area contributed by atoms with Crippen molar-refractivity contribution in [3.05, 3.63) is 129 Å². The molecule has 0 aliphatic carbocycles. The van der Waals surface area contributed by atoms with Crippen molar-refractivity contribution in [2.24, 2.45) is 0 Å². The zero-order valence-corrected chi connectivity index (χ0v) is 29.0. The second kappa shape index (κ2) is 14.7. The van der Waals surface area contributed by atoms with E-state index in [0.717, 1.165) is 15.9 Å². The van der Waals surface area contributed by atoms with E-state index in [2.05, 4.69) is 86.4 Å². The van der Waals surface area contributed by atoms with Gasteiger partial charge in [-0.1, -0.05) is 112 Å². The standard InChI is InChI=1S/C37H45ClN2O5Si/c1-28-25-40(35(42)39-34(28)41)33-22-21-32(44-33)37(23-14-24-38,27-43-26-29-15-8-5-9-16-29)45-46(36(2,3)4,30-17-10-6-11-18-30)31-19-12-7-13-20-31/h5-13,15-20,25,32-33H,14,21-24,26-27H2,1-4H3,(H,39,41,42)/t32-,33+,37?/m0/s1. The monoisotopic (exact) mass is 660 g/mol. The van der Waals surface area contributed by atoms with Gasteiger partial charge in [0.2, 0.25) is 0 Å². The summed E-state index contributed by atoms with van der Waals surface area (Å²) in [6, 6.07) is 31.2. The van der Waals surface area contributed by atoms with Crippen LogP contribution in [0.25, 0.3) is 0 Å². The van der Waals surface area contributed by atoms with Crippen molar-refractivity contribution < 1.29 is 13.9 Å². The number of hydrogen-bond donors (Lipinski definition) is 1. The second-order valence-electron chi connectivity index (χ2n) is 13.2. The van der Waals surface area contributed by atoms with E-state index in [4.69, 9.17) is 25.5 Å². The molecule has 9 heteroatoms. The van der Waals surface area contributed by atoms with E-state index in [1.54, 1.807) is 13.1 Å². The zero-order valence-electron chi connectivity index (χ0n) is 27.2. The van der Waals surface area contributed by atoms with Crippen LogP contribution in [0.2, 0.25) is 5.04 Å². The predicted octanol–water partition coefficient (Wildman–Crippen LogP) is 6.07. The molecule has 1 fully saturated rings. The van der Waals surface area contributed by atoms with Crippen molar-refractivity contribution in [2.45, 2.75) is 83.0 Å². The smallest absolute Gasteiger partial charge is 0.330 e. The highest BCUT2D eigenvalue weighted by atomic mass is 35.5. The SMILES string of the molecule is Cc1cn([C@H]2CC[C@@H](C(CCCCl)(COCc3ccccc3)O[Si](c3ccccc3)(c3ccccc3)C(C)(C)C)O2)c(=O)[nH]c1=O. The highest BCUT2D eigenvalue weighted by Crippen LogP contribution is 2.45. The number of nitrogens with zero attached hydrogens (tertiary/aromatic N) is 1. The van der Waals surface area contributed by atoms with Crippen LogP contribution in [0.5, 0.6) is 0 Å². The van der Waals surface area contributed by atoms with E-state index in [1.807, 2.05) is 30.3 Å². The summed E-state index contributed by atoms with van der Waals surface area (Å²) >= 11 is 6.41. The van der Waals surface area contributed by atoms with Gasteiger partial charge in [0.15, 0.2) is 0 Å². The van der Waals surface area contributed by atoms with Gasteiger partial charge in [-0.3, -0.25) is 14.3 Å². The normalized spacial score (nSPS) is 18.4. The first-order chi connectivity index (χ1) is 22.1. The summed E-state index contributed by atoms with van der Waals surface area (Å²) in [6.45, 7) is 9.17.